The van der Waals surface area contributed by atoms with E-state index in [1.165, 1.54) is 25.6 Å². The Morgan fingerprint density at radius 3 is 2.76 bits per heavy atom. The van der Waals surface area contributed by atoms with Crippen LogP contribution in [0.5, 0.6) is 11.5 Å². The predicted molar refractivity (Wildman–Crippen MR) is 141 cm³/mol. The molecule has 1 aromatic heterocycles. The van der Waals surface area contributed by atoms with Gasteiger partial charge in [-0.3, -0.25) is 9.69 Å². The Morgan fingerprint density at radius 2 is 1.97 bits per heavy atom. The molecule has 2 aliphatic carbocycles. The molecule has 5 rings (SSSR count). The molecule has 1 aromatic carbocycles. The number of ether oxygens (including phenoxy) is 2. The minimum Gasteiger partial charge on any atom is -0.504 e. The number of thiophene rings is 1. The Kier molecular flexibility index (Phi) is 7.47. The number of benzene rings is 1. The fourth-order valence-corrected chi connectivity index (χ4v) is 7.86. The molecule has 200 valence electrons. The zero-order valence-electron chi connectivity index (χ0n) is 21.5. The lowest BCUT2D eigenvalue weighted by Crippen LogP contribution is -2.56. The van der Waals surface area contributed by atoms with Gasteiger partial charge in [0.15, 0.2) is 11.5 Å². The van der Waals surface area contributed by atoms with Crippen LogP contribution in [-0.2, 0) is 22.4 Å². The summed E-state index contributed by atoms with van der Waals surface area (Å²) in [5.41, 5.74) is 1.65. The molecule has 0 bridgehead atoms. The average molecular weight is 529 g/mol. The van der Waals surface area contributed by atoms with Crippen molar-refractivity contribution in [3.05, 3.63) is 39.8 Å². The zero-order chi connectivity index (χ0) is 26.2. The number of aromatic hydroxyl groups is 1. The SMILES string of the molecule is COC(=O)c1c(NC(=O)CN2CC[C@@]3(O)CCCC[C@H]3[C@@H]2c2ccc(O)c(OC)c2)sc2c1CCCC2. The highest BCUT2D eigenvalue weighted by Gasteiger charge is 2.49. The first-order valence-electron chi connectivity index (χ1n) is 13.2. The van der Waals surface area contributed by atoms with Gasteiger partial charge in [-0.1, -0.05) is 18.9 Å². The average Bonchev–Trinajstić information content (AvgIpc) is 3.26. The molecule has 0 spiro atoms. The predicted octanol–water partition coefficient (Wildman–Crippen LogP) is 4.43. The lowest BCUT2D eigenvalue weighted by molar-refractivity contribution is -0.135. The second-order valence-corrected chi connectivity index (χ2v) is 11.6. The molecule has 0 radical (unpaired) electrons. The number of likely N-dealkylation sites (tertiary alicyclic amines) is 1. The summed E-state index contributed by atoms with van der Waals surface area (Å²) in [7, 11) is 2.89. The van der Waals surface area contributed by atoms with Gasteiger partial charge in [-0.15, -0.1) is 11.3 Å². The van der Waals surface area contributed by atoms with Crippen molar-refractivity contribution < 1.29 is 29.3 Å². The van der Waals surface area contributed by atoms with Crippen LogP contribution in [0, 0.1) is 5.92 Å². The van der Waals surface area contributed by atoms with E-state index in [0.717, 1.165) is 67.4 Å². The first kappa shape index (κ1) is 26.0. The third-order valence-corrected chi connectivity index (χ3v) is 9.58. The molecule has 9 heteroatoms. The number of piperidine rings is 1. The number of aryl methyl sites for hydroxylation is 1. The number of hydrogen-bond donors (Lipinski definition) is 3. The molecule has 8 nitrogen and oxygen atoms in total. The van der Waals surface area contributed by atoms with Gasteiger partial charge in [-0.25, -0.2) is 4.79 Å². The summed E-state index contributed by atoms with van der Waals surface area (Å²) < 4.78 is 10.4. The molecule has 3 aliphatic rings. The fraction of sp³-hybridized carbons (Fsp3) is 0.571. The number of phenols is 1. The maximum absolute atomic E-state index is 13.4. The third-order valence-electron chi connectivity index (χ3n) is 8.38. The van der Waals surface area contributed by atoms with E-state index in [-0.39, 0.29) is 30.2 Å². The minimum absolute atomic E-state index is 0.0308. The van der Waals surface area contributed by atoms with E-state index in [1.807, 2.05) is 12.1 Å². The molecule has 2 heterocycles. The second kappa shape index (κ2) is 10.6. The molecule has 1 saturated heterocycles. The van der Waals surface area contributed by atoms with Gasteiger partial charge in [0.25, 0.3) is 0 Å². The Morgan fingerprint density at radius 1 is 1.16 bits per heavy atom. The van der Waals surface area contributed by atoms with Crippen molar-refractivity contribution >= 4 is 28.2 Å². The molecule has 2 fully saturated rings. The maximum Gasteiger partial charge on any atom is 0.341 e. The fourth-order valence-electron chi connectivity index (χ4n) is 6.56. The topological polar surface area (TPSA) is 108 Å². The Labute approximate surface area is 221 Å². The van der Waals surface area contributed by atoms with E-state index in [4.69, 9.17) is 9.47 Å². The van der Waals surface area contributed by atoms with E-state index in [1.54, 1.807) is 6.07 Å². The second-order valence-electron chi connectivity index (χ2n) is 10.5. The first-order chi connectivity index (χ1) is 17.8. The lowest BCUT2D eigenvalue weighted by atomic mass is 9.66. The van der Waals surface area contributed by atoms with Crippen LogP contribution in [0.1, 0.15) is 77.3 Å². The van der Waals surface area contributed by atoms with E-state index < -0.39 is 11.6 Å². The maximum atomic E-state index is 13.4. The summed E-state index contributed by atoms with van der Waals surface area (Å²) in [6.45, 7) is 0.697. The molecular formula is C28H36N2O6S. The van der Waals surface area contributed by atoms with Crippen molar-refractivity contribution in [1.29, 1.82) is 0 Å². The van der Waals surface area contributed by atoms with Crippen LogP contribution >= 0.6 is 11.3 Å². The molecule has 1 saturated carbocycles. The number of nitrogens with one attached hydrogen (secondary N) is 1. The third kappa shape index (κ3) is 4.96. The van der Waals surface area contributed by atoms with Gasteiger partial charge >= 0.3 is 5.97 Å². The van der Waals surface area contributed by atoms with Crippen molar-refractivity contribution in [2.75, 3.05) is 32.6 Å². The van der Waals surface area contributed by atoms with E-state index >= 15 is 0 Å². The molecule has 37 heavy (non-hydrogen) atoms. The van der Waals surface area contributed by atoms with Crippen LogP contribution in [0.3, 0.4) is 0 Å². The van der Waals surface area contributed by atoms with Crippen molar-refractivity contribution in [1.82, 2.24) is 4.90 Å². The summed E-state index contributed by atoms with van der Waals surface area (Å²) >= 11 is 1.48. The van der Waals surface area contributed by atoms with Gasteiger partial charge in [0.1, 0.15) is 5.00 Å². The van der Waals surface area contributed by atoms with Crippen LogP contribution in [0.25, 0.3) is 0 Å². The van der Waals surface area contributed by atoms with Crippen molar-refractivity contribution in [3.63, 3.8) is 0 Å². The number of carbonyl (C=O) groups excluding carboxylic acids is 2. The quantitative estimate of drug-likeness (QED) is 0.476. The normalized spacial score (nSPS) is 25.6. The highest BCUT2D eigenvalue weighted by molar-refractivity contribution is 7.17. The van der Waals surface area contributed by atoms with Gasteiger partial charge in [0, 0.05) is 23.4 Å². The number of carbonyl (C=O) groups is 2. The number of nitrogens with zero attached hydrogens (tertiary/aromatic N) is 1. The molecule has 3 N–H and O–H groups in total. The van der Waals surface area contributed by atoms with Gasteiger partial charge < -0.3 is 25.0 Å². The standard InChI is InChI=1S/C28H36N2O6S/c1-35-21-15-17(10-11-20(21)31)25-19-8-5-6-12-28(19,34)13-14-30(25)16-23(32)29-26-24(27(33)36-2)18-7-3-4-9-22(18)37-26/h10-11,15,19,25,31,34H,3-9,12-14,16H2,1-2H3,(H,29,32)/t19-,25-,28-/m0/s1. The number of fused-ring (bicyclic) bond motifs is 2. The van der Waals surface area contributed by atoms with Gasteiger partial charge in [0.05, 0.1) is 31.9 Å². The van der Waals surface area contributed by atoms with Crippen LogP contribution in [0.15, 0.2) is 18.2 Å². The highest BCUT2D eigenvalue weighted by Crippen LogP contribution is 2.50. The summed E-state index contributed by atoms with van der Waals surface area (Å²) in [5.74, 6) is -0.201. The molecule has 1 amide bonds. The van der Waals surface area contributed by atoms with Crippen molar-refractivity contribution in [2.24, 2.45) is 5.92 Å². The Bertz CT molecular complexity index is 1180. The van der Waals surface area contributed by atoms with E-state index in [0.29, 0.717) is 29.3 Å². The molecule has 1 aliphatic heterocycles. The van der Waals surface area contributed by atoms with Crippen molar-refractivity contribution in [3.8, 4) is 11.5 Å². The molecule has 3 atom stereocenters. The van der Waals surface area contributed by atoms with E-state index in [9.17, 15) is 19.8 Å². The Balaban J connectivity index is 1.42. The smallest absolute Gasteiger partial charge is 0.341 e. The van der Waals surface area contributed by atoms with Gasteiger partial charge in [-0.05, 0) is 68.2 Å². The summed E-state index contributed by atoms with van der Waals surface area (Å²) in [5, 5.41) is 25.3. The Hall–Kier alpha value is -2.62. The van der Waals surface area contributed by atoms with Gasteiger partial charge in [-0.2, -0.15) is 0 Å². The zero-order valence-corrected chi connectivity index (χ0v) is 22.4. The highest BCUT2D eigenvalue weighted by atomic mass is 32.1. The summed E-state index contributed by atoms with van der Waals surface area (Å²) in [6, 6.07) is 5.09. The summed E-state index contributed by atoms with van der Waals surface area (Å²) in [6.07, 6.45) is 8.10. The number of phenolic OH excluding ortho intramolecular Hbond substituents is 1. The lowest BCUT2D eigenvalue weighted by Gasteiger charge is -2.52. The number of aliphatic hydroxyl groups is 1. The van der Waals surface area contributed by atoms with Crippen LogP contribution < -0.4 is 10.1 Å². The van der Waals surface area contributed by atoms with Crippen LogP contribution in [0.4, 0.5) is 5.00 Å². The molecular weight excluding hydrogens is 492 g/mol. The number of anilines is 1. The van der Waals surface area contributed by atoms with Gasteiger partial charge in [0.2, 0.25) is 5.91 Å². The largest absolute Gasteiger partial charge is 0.504 e. The number of amides is 1. The summed E-state index contributed by atoms with van der Waals surface area (Å²) in [4.78, 5) is 29.3. The number of rotatable bonds is 6. The van der Waals surface area contributed by atoms with E-state index in [2.05, 4.69) is 10.2 Å². The number of hydrogen-bond acceptors (Lipinski definition) is 8. The van der Waals surface area contributed by atoms with Crippen molar-refractivity contribution in [2.45, 2.75) is 69.4 Å². The minimum atomic E-state index is -0.772. The van der Waals surface area contributed by atoms with Crippen LogP contribution in [-0.4, -0.2) is 59.9 Å². The first-order valence-corrected chi connectivity index (χ1v) is 14.0. The molecule has 0 unspecified atom stereocenters. The molecule has 2 aromatic rings. The number of methoxy groups -OCH3 is 2. The monoisotopic (exact) mass is 528 g/mol. The number of esters is 1. The van der Waals surface area contributed by atoms with Crippen LogP contribution in [0.2, 0.25) is 0 Å².